The summed E-state index contributed by atoms with van der Waals surface area (Å²) < 4.78 is 0. The molecule has 0 saturated carbocycles. The number of nitrogens with zero attached hydrogens (tertiary/aromatic N) is 4. The molecule has 1 aliphatic heterocycles. The van der Waals surface area contributed by atoms with Crippen LogP contribution in [0.2, 0.25) is 5.28 Å². The van der Waals surface area contributed by atoms with Gasteiger partial charge >= 0.3 is 0 Å². The molecule has 0 spiro atoms. The van der Waals surface area contributed by atoms with E-state index in [1.807, 2.05) is 11.8 Å². The van der Waals surface area contributed by atoms with Crippen molar-refractivity contribution in [1.29, 1.82) is 0 Å². The van der Waals surface area contributed by atoms with Crippen molar-refractivity contribution < 1.29 is 4.79 Å². The summed E-state index contributed by atoms with van der Waals surface area (Å²) in [5, 5.41) is 0.211. The van der Waals surface area contributed by atoms with Crippen LogP contribution in [0.15, 0.2) is 6.20 Å². The van der Waals surface area contributed by atoms with Crippen LogP contribution in [-0.4, -0.2) is 35.5 Å². The summed E-state index contributed by atoms with van der Waals surface area (Å²) in [6.07, 6.45) is 2.61. The van der Waals surface area contributed by atoms with Gasteiger partial charge < -0.3 is 9.80 Å². The third kappa shape index (κ3) is 2.66. The molecule has 1 aromatic heterocycles. The van der Waals surface area contributed by atoms with Gasteiger partial charge in [-0.3, -0.25) is 4.79 Å². The highest BCUT2D eigenvalue weighted by Gasteiger charge is 2.34. The molecule has 1 aliphatic rings. The normalized spacial score (nSPS) is 19.1. The van der Waals surface area contributed by atoms with Crippen LogP contribution < -0.4 is 9.80 Å². The number of halogens is 1. The van der Waals surface area contributed by atoms with Crippen LogP contribution in [-0.2, 0) is 4.79 Å². The second kappa shape index (κ2) is 5.33. The van der Waals surface area contributed by atoms with Crippen LogP contribution in [0, 0.1) is 5.92 Å². The molecule has 1 amide bonds. The minimum Gasteiger partial charge on any atom is -0.343 e. The summed E-state index contributed by atoms with van der Waals surface area (Å²) in [5.41, 5.74) is 0.719. The van der Waals surface area contributed by atoms with Crippen LogP contribution in [0.3, 0.4) is 0 Å². The molecule has 0 aliphatic carbocycles. The van der Waals surface area contributed by atoms with Gasteiger partial charge in [0.05, 0.1) is 6.20 Å². The number of hydrogen-bond acceptors (Lipinski definition) is 4. The zero-order valence-electron chi connectivity index (χ0n) is 11.7. The Morgan fingerprint density at radius 3 is 2.79 bits per heavy atom. The standard InChI is InChI=1S/C13H19ClN4O/c1-8(2)5-6-18-9(3)12(19)17(4)10-7-15-13(14)16-11(10)18/h7-9H,5-6H2,1-4H3. The lowest BCUT2D eigenvalue weighted by atomic mass is 10.1. The molecule has 0 bridgehead atoms. The first-order valence-electron chi connectivity index (χ1n) is 6.48. The van der Waals surface area contributed by atoms with E-state index in [0.29, 0.717) is 5.92 Å². The fourth-order valence-corrected chi connectivity index (χ4v) is 2.34. The van der Waals surface area contributed by atoms with Crippen LogP contribution in [0.1, 0.15) is 27.2 Å². The lowest BCUT2D eigenvalue weighted by Crippen LogP contribution is -2.51. The fourth-order valence-electron chi connectivity index (χ4n) is 2.21. The Labute approximate surface area is 118 Å². The summed E-state index contributed by atoms with van der Waals surface area (Å²) in [7, 11) is 1.74. The number of carbonyl (C=O) groups is 1. The molecule has 0 saturated heterocycles. The number of likely N-dealkylation sites (N-methyl/N-ethyl adjacent to an activating group) is 1. The van der Waals surface area contributed by atoms with Gasteiger partial charge in [-0.2, -0.15) is 4.98 Å². The quantitative estimate of drug-likeness (QED) is 0.799. The maximum absolute atomic E-state index is 12.2. The number of aromatic nitrogens is 2. The van der Waals surface area contributed by atoms with Gasteiger partial charge in [-0.15, -0.1) is 0 Å². The maximum atomic E-state index is 12.2. The van der Waals surface area contributed by atoms with Crippen LogP contribution in [0.5, 0.6) is 0 Å². The molecule has 1 unspecified atom stereocenters. The minimum atomic E-state index is -0.220. The Bertz CT molecular complexity index is 492. The van der Waals surface area contributed by atoms with Crippen molar-refractivity contribution in [2.75, 3.05) is 23.4 Å². The Morgan fingerprint density at radius 2 is 2.16 bits per heavy atom. The fraction of sp³-hybridized carbons (Fsp3) is 0.615. The molecular weight excluding hydrogens is 264 g/mol. The first-order chi connectivity index (χ1) is 8.91. The van der Waals surface area contributed by atoms with Crippen LogP contribution in [0.4, 0.5) is 11.5 Å². The van der Waals surface area contributed by atoms with E-state index >= 15 is 0 Å². The highest BCUT2D eigenvalue weighted by Crippen LogP contribution is 2.33. The highest BCUT2D eigenvalue weighted by molar-refractivity contribution is 6.28. The summed E-state index contributed by atoms with van der Waals surface area (Å²) in [5.74, 6) is 1.38. The minimum absolute atomic E-state index is 0.0576. The van der Waals surface area contributed by atoms with E-state index in [9.17, 15) is 4.79 Å². The van der Waals surface area contributed by atoms with Gasteiger partial charge in [-0.05, 0) is 30.9 Å². The number of amides is 1. The van der Waals surface area contributed by atoms with Crippen molar-refractivity contribution in [3.63, 3.8) is 0 Å². The summed E-state index contributed by atoms with van der Waals surface area (Å²) >= 11 is 5.88. The van der Waals surface area contributed by atoms with E-state index < -0.39 is 0 Å². The van der Waals surface area contributed by atoms with Gasteiger partial charge in [0.2, 0.25) is 11.2 Å². The van der Waals surface area contributed by atoms with Crippen molar-refractivity contribution in [2.45, 2.75) is 33.2 Å². The molecule has 2 rings (SSSR count). The van der Waals surface area contributed by atoms with E-state index in [1.165, 1.54) is 0 Å². The number of hydrogen-bond donors (Lipinski definition) is 0. The van der Waals surface area contributed by atoms with Gasteiger partial charge in [0.25, 0.3) is 0 Å². The van der Waals surface area contributed by atoms with Crippen molar-refractivity contribution in [2.24, 2.45) is 5.92 Å². The van der Waals surface area contributed by atoms with E-state index in [0.717, 1.165) is 24.5 Å². The number of anilines is 2. The summed E-state index contributed by atoms with van der Waals surface area (Å²) in [6.45, 7) is 7.02. The molecule has 104 valence electrons. The van der Waals surface area contributed by atoms with E-state index in [-0.39, 0.29) is 17.2 Å². The zero-order chi connectivity index (χ0) is 14.2. The summed E-state index contributed by atoms with van der Waals surface area (Å²) in [4.78, 5) is 24.1. The van der Waals surface area contributed by atoms with Crippen molar-refractivity contribution in [1.82, 2.24) is 9.97 Å². The molecule has 2 heterocycles. The van der Waals surface area contributed by atoms with Gasteiger partial charge in [0.1, 0.15) is 11.7 Å². The number of rotatable bonds is 3. The smallest absolute Gasteiger partial charge is 0.249 e. The van der Waals surface area contributed by atoms with E-state index in [1.54, 1.807) is 18.1 Å². The Hall–Kier alpha value is -1.36. The largest absolute Gasteiger partial charge is 0.343 e. The van der Waals surface area contributed by atoms with E-state index in [4.69, 9.17) is 11.6 Å². The average Bonchev–Trinajstić information content (AvgIpc) is 2.35. The average molecular weight is 283 g/mol. The van der Waals surface area contributed by atoms with Crippen molar-refractivity contribution >= 4 is 29.0 Å². The summed E-state index contributed by atoms with van der Waals surface area (Å²) in [6, 6.07) is -0.220. The van der Waals surface area contributed by atoms with Gasteiger partial charge in [-0.1, -0.05) is 13.8 Å². The second-order valence-corrected chi connectivity index (χ2v) is 5.64. The number of fused-ring (bicyclic) bond motifs is 1. The predicted molar refractivity (Wildman–Crippen MR) is 76.7 cm³/mol. The first kappa shape index (κ1) is 14.1. The van der Waals surface area contributed by atoms with Crippen LogP contribution in [0.25, 0.3) is 0 Å². The van der Waals surface area contributed by atoms with Crippen molar-refractivity contribution in [3.05, 3.63) is 11.5 Å². The second-order valence-electron chi connectivity index (χ2n) is 5.30. The molecule has 1 aromatic rings. The molecule has 19 heavy (non-hydrogen) atoms. The molecular formula is C13H19ClN4O. The highest BCUT2D eigenvalue weighted by atomic mass is 35.5. The monoisotopic (exact) mass is 282 g/mol. The molecule has 0 fully saturated rings. The van der Waals surface area contributed by atoms with Gasteiger partial charge in [0, 0.05) is 13.6 Å². The Morgan fingerprint density at radius 1 is 1.47 bits per heavy atom. The van der Waals surface area contributed by atoms with Crippen molar-refractivity contribution in [3.8, 4) is 0 Å². The predicted octanol–water partition coefficient (Wildman–Crippen LogP) is 2.35. The molecule has 0 aromatic carbocycles. The molecule has 0 N–H and O–H groups in total. The topological polar surface area (TPSA) is 49.3 Å². The SMILES string of the molecule is CC(C)CCN1c2nc(Cl)ncc2N(C)C(=O)C1C. The molecule has 1 atom stereocenters. The Kier molecular flexibility index (Phi) is 3.94. The van der Waals surface area contributed by atoms with Crippen LogP contribution >= 0.6 is 11.6 Å². The third-order valence-corrected chi connectivity index (χ3v) is 3.64. The number of carbonyl (C=O) groups excluding carboxylic acids is 1. The molecule has 0 radical (unpaired) electrons. The molecule has 5 nitrogen and oxygen atoms in total. The maximum Gasteiger partial charge on any atom is 0.249 e. The first-order valence-corrected chi connectivity index (χ1v) is 6.86. The lowest BCUT2D eigenvalue weighted by molar-refractivity contribution is -0.119. The third-order valence-electron chi connectivity index (χ3n) is 3.46. The lowest BCUT2D eigenvalue weighted by Gasteiger charge is -2.39. The van der Waals surface area contributed by atoms with Gasteiger partial charge in [0.15, 0.2) is 5.82 Å². The van der Waals surface area contributed by atoms with Gasteiger partial charge in [-0.25, -0.2) is 4.98 Å². The Balaban J connectivity index is 2.39. The molecule has 6 heteroatoms. The van der Waals surface area contributed by atoms with E-state index in [2.05, 4.69) is 23.8 Å². The zero-order valence-corrected chi connectivity index (χ0v) is 12.5.